The first-order valence-corrected chi connectivity index (χ1v) is 17.1. The highest BCUT2D eigenvalue weighted by Gasteiger charge is 2.22. The van der Waals surface area contributed by atoms with E-state index >= 15 is 0 Å². The highest BCUT2D eigenvalue weighted by Crippen LogP contribution is 2.33. The van der Waals surface area contributed by atoms with Gasteiger partial charge in [-0.1, -0.05) is 66.2 Å². The Hall–Kier alpha value is -6.46. The number of nitrogens with zero attached hydrogens (tertiary/aromatic N) is 6. The summed E-state index contributed by atoms with van der Waals surface area (Å²) in [7, 11) is 0. The zero-order valence-electron chi connectivity index (χ0n) is 29.5. The molecule has 0 radical (unpaired) electrons. The summed E-state index contributed by atoms with van der Waals surface area (Å²) in [6.45, 7) is 8.40. The summed E-state index contributed by atoms with van der Waals surface area (Å²) >= 11 is 0. The maximum atomic E-state index is 13.2. The Bertz CT molecular complexity index is 2400. The summed E-state index contributed by atoms with van der Waals surface area (Å²) in [5.41, 5.74) is 7.58. The number of anilines is 4. The summed E-state index contributed by atoms with van der Waals surface area (Å²) in [4.78, 5) is 34.1. The van der Waals surface area contributed by atoms with Gasteiger partial charge in [0.05, 0.1) is 34.9 Å². The molecule has 4 heterocycles. The van der Waals surface area contributed by atoms with Crippen LogP contribution in [0.1, 0.15) is 38.0 Å². The van der Waals surface area contributed by atoms with Crippen LogP contribution in [0.15, 0.2) is 131 Å². The number of hydrogen-bond acceptors (Lipinski definition) is 9. The highest BCUT2D eigenvalue weighted by atomic mass is 16.3. The van der Waals surface area contributed by atoms with Crippen LogP contribution in [0.4, 0.5) is 22.7 Å². The lowest BCUT2D eigenvalue weighted by Crippen LogP contribution is -2.27. The van der Waals surface area contributed by atoms with Crippen molar-refractivity contribution in [3.05, 3.63) is 154 Å². The van der Waals surface area contributed by atoms with Crippen LogP contribution in [0.5, 0.6) is 0 Å². The molecule has 0 aliphatic carbocycles. The number of rotatable bonds is 9. The lowest BCUT2D eigenvalue weighted by Gasteiger charge is -2.20. The van der Waals surface area contributed by atoms with Crippen molar-refractivity contribution in [1.82, 2.24) is 29.5 Å². The van der Waals surface area contributed by atoms with E-state index in [-0.39, 0.29) is 11.1 Å². The van der Waals surface area contributed by atoms with Crippen molar-refractivity contribution in [1.29, 1.82) is 0 Å². The number of pyridine rings is 2. The number of fused-ring (bicyclic) bond motifs is 1. The molecule has 52 heavy (non-hydrogen) atoms. The molecular weight excluding hydrogens is 653 g/mol. The zero-order valence-corrected chi connectivity index (χ0v) is 29.5. The van der Waals surface area contributed by atoms with E-state index in [1.807, 2.05) is 118 Å². The van der Waals surface area contributed by atoms with Gasteiger partial charge in [-0.05, 0) is 70.2 Å². The van der Waals surface area contributed by atoms with Crippen LogP contribution in [0.25, 0.3) is 33.4 Å². The number of nitrogens with one attached hydrogen (secondary N) is 2. The molecule has 4 aromatic heterocycles. The normalized spacial score (nSPS) is 11.4. The Morgan fingerprint density at radius 2 is 1.46 bits per heavy atom. The third-order valence-electron chi connectivity index (χ3n) is 8.43. The van der Waals surface area contributed by atoms with Gasteiger partial charge >= 0.3 is 0 Å². The molecule has 0 amide bonds. The second kappa shape index (κ2) is 16.0. The average Bonchev–Trinajstić information content (AvgIpc) is 3.17. The number of benzene rings is 3. The van der Waals surface area contributed by atoms with Gasteiger partial charge in [-0.3, -0.25) is 19.6 Å². The molecule has 1 unspecified atom stereocenters. The summed E-state index contributed by atoms with van der Waals surface area (Å²) in [5, 5.41) is 26.9. The molecule has 0 saturated heterocycles. The van der Waals surface area contributed by atoms with E-state index in [9.17, 15) is 14.7 Å². The Morgan fingerprint density at radius 1 is 0.731 bits per heavy atom. The molecule has 0 saturated carbocycles. The Labute approximate surface area is 301 Å². The second-order valence-electron chi connectivity index (χ2n) is 12.1. The van der Waals surface area contributed by atoms with Crippen molar-refractivity contribution in [2.75, 3.05) is 10.6 Å². The number of aliphatic hydroxyl groups is 1. The van der Waals surface area contributed by atoms with Gasteiger partial charge in [-0.25, -0.2) is 9.36 Å². The molecule has 11 nitrogen and oxygen atoms in total. The van der Waals surface area contributed by atoms with Gasteiger partial charge in [0.1, 0.15) is 11.4 Å². The van der Waals surface area contributed by atoms with Gasteiger partial charge < -0.3 is 15.7 Å². The van der Waals surface area contributed by atoms with Gasteiger partial charge in [-0.2, -0.15) is 10.2 Å². The molecule has 0 aliphatic heterocycles. The van der Waals surface area contributed by atoms with Crippen LogP contribution in [0, 0.1) is 6.92 Å². The molecule has 7 rings (SSSR count). The first kappa shape index (κ1) is 35.4. The molecule has 0 spiro atoms. The predicted octanol–water partition coefficient (Wildman–Crippen LogP) is 7.65. The van der Waals surface area contributed by atoms with Crippen molar-refractivity contribution in [3.8, 4) is 22.5 Å². The molecule has 0 aliphatic rings. The number of aliphatic hydroxyl groups excluding tert-OH is 1. The number of aromatic nitrogens is 6. The van der Waals surface area contributed by atoms with Crippen molar-refractivity contribution in [2.24, 2.45) is 0 Å². The third-order valence-corrected chi connectivity index (χ3v) is 8.43. The lowest BCUT2D eigenvalue weighted by atomic mass is 10.0. The summed E-state index contributed by atoms with van der Waals surface area (Å²) in [6.07, 6.45) is 4.23. The van der Waals surface area contributed by atoms with E-state index in [4.69, 9.17) is 0 Å². The fourth-order valence-corrected chi connectivity index (χ4v) is 5.78. The Kier molecular flexibility index (Phi) is 10.9. The fraction of sp³-hybridized carbons (Fsp3) is 0.171. The van der Waals surface area contributed by atoms with Crippen molar-refractivity contribution >= 4 is 33.7 Å². The molecule has 0 bridgehead atoms. The SMILES string of the molecule is CCn1nc(-c2ccc(C)cc2)cc(Nc2cccnc2)c1=O.CCn1nc(-c2ccccc2)c(C(C)O)c(Nc2cccc3ncccc23)c1=O. The third kappa shape index (κ3) is 7.79. The maximum Gasteiger partial charge on any atom is 0.290 e. The predicted molar refractivity (Wildman–Crippen MR) is 207 cm³/mol. The lowest BCUT2D eigenvalue weighted by molar-refractivity contribution is 0.199. The molecule has 3 N–H and O–H groups in total. The van der Waals surface area contributed by atoms with Gasteiger partial charge in [-0.15, -0.1) is 0 Å². The standard InChI is InChI=1S/C23H22N4O2.C18H18N4O/c1-3-27-23(29)22(25-19-13-7-12-18-17(19)11-8-14-24-18)20(15(2)28)21(26-27)16-9-5-4-6-10-16;1-3-22-18(23)17(20-15-5-4-10-19-12-15)11-16(21-22)14-8-6-13(2)7-9-14/h4-15,25,28H,3H2,1-2H3;4-12,20H,3H2,1-2H3. The van der Waals surface area contributed by atoms with E-state index in [0.717, 1.165) is 39.1 Å². The average molecular weight is 693 g/mol. The largest absolute Gasteiger partial charge is 0.389 e. The second-order valence-corrected chi connectivity index (χ2v) is 12.1. The molecule has 3 aromatic carbocycles. The van der Waals surface area contributed by atoms with E-state index in [2.05, 4.69) is 30.8 Å². The quantitative estimate of drug-likeness (QED) is 0.139. The molecular formula is C41H40N8O3. The van der Waals surface area contributed by atoms with Crippen molar-refractivity contribution < 1.29 is 5.11 Å². The van der Waals surface area contributed by atoms with Gasteiger partial charge in [0.25, 0.3) is 11.1 Å². The van der Waals surface area contributed by atoms with Crippen LogP contribution in [-0.2, 0) is 13.1 Å². The minimum absolute atomic E-state index is 0.146. The van der Waals surface area contributed by atoms with E-state index in [1.165, 1.54) is 14.9 Å². The zero-order chi connectivity index (χ0) is 36.6. The summed E-state index contributed by atoms with van der Waals surface area (Å²) < 4.78 is 2.88. The molecule has 11 heteroatoms. The minimum atomic E-state index is -0.882. The van der Waals surface area contributed by atoms with Crippen LogP contribution in [0.2, 0.25) is 0 Å². The van der Waals surface area contributed by atoms with E-state index < -0.39 is 6.10 Å². The topological polar surface area (TPSA) is 140 Å². The van der Waals surface area contributed by atoms with Gasteiger partial charge in [0, 0.05) is 53.2 Å². The minimum Gasteiger partial charge on any atom is -0.389 e. The highest BCUT2D eigenvalue weighted by molar-refractivity contribution is 5.93. The van der Waals surface area contributed by atoms with Crippen LogP contribution in [-0.4, -0.2) is 34.6 Å². The molecule has 262 valence electrons. The van der Waals surface area contributed by atoms with Crippen molar-refractivity contribution in [2.45, 2.75) is 46.9 Å². The van der Waals surface area contributed by atoms with E-state index in [1.54, 1.807) is 31.6 Å². The van der Waals surface area contributed by atoms with Crippen LogP contribution in [0.3, 0.4) is 0 Å². The maximum absolute atomic E-state index is 13.2. The first-order chi connectivity index (χ1) is 25.3. The number of hydrogen-bond donors (Lipinski definition) is 3. The molecule has 1 atom stereocenters. The van der Waals surface area contributed by atoms with Crippen LogP contribution >= 0.6 is 0 Å². The summed E-state index contributed by atoms with van der Waals surface area (Å²) in [6, 6.07) is 32.7. The van der Waals surface area contributed by atoms with Gasteiger partial charge in [0.15, 0.2) is 0 Å². The Balaban J connectivity index is 0.000000183. The van der Waals surface area contributed by atoms with E-state index in [0.29, 0.717) is 35.7 Å². The van der Waals surface area contributed by atoms with Crippen LogP contribution < -0.4 is 21.8 Å². The molecule has 0 fully saturated rings. The molecule has 7 aromatic rings. The van der Waals surface area contributed by atoms with Crippen molar-refractivity contribution in [3.63, 3.8) is 0 Å². The first-order valence-electron chi connectivity index (χ1n) is 17.1. The Morgan fingerprint density at radius 3 is 2.15 bits per heavy atom. The smallest absolute Gasteiger partial charge is 0.290 e. The summed E-state index contributed by atoms with van der Waals surface area (Å²) in [5.74, 6) is 0. The fourth-order valence-electron chi connectivity index (χ4n) is 5.78. The number of aryl methyl sites for hydroxylation is 3. The van der Waals surface area contributed by atoms with Gasteiger partial charge in [0.2, 0.25) is 0 Å². The monoisotopic (exact) mass is 692 g/mol.